The molecule has 1 heterocycles. The maximum atomic E-state index is 11.5. The zero-order valence-electron chi connectivity index (χ0n) is 14.8. The van der Waals surface area contributed by atoms with E-state index in [4.69, 9.17) is 4.42 Å². The molecule has 4 heteroatoms. The molecule has 0 fully saturated rings. The molecule has 0 aliphatic carbocycles. The molecule has 28 heavy (non-hydrogen) atoms. The first-order valence-electron chi connectivity index (χ1n) is 8.97. The fourth-order valence-electron chi connectivity index (χ4n) is 3.74. The molecule has 0 N–H and O–H groups in total. The van der Waals surface area contributed by atoms with Gasteiger partial charge in [-0.25, -0.2) is 0 Å². The third-order valence-electron chi connectivity index (χ3n) is 5.00. The number of nitro benzene ring substituents is 1. The second kappa shape index (κ2) is 6.35. The standard InChI is InChI=1S/C24H15NO3/c26-25(27)22-15-5-4-10-18(22)19-12-7-14-21-20-13-6-11-17(23(20)28-24(19)21)16-8-2-1-3-9-16/h1-15H. The molecular formula is C24H15NO3. The van der Waals surface area contributed by atoms with Gasteiger partial charge in [-0.2, -0.15) is 0 Å². The molecule has 0 bridgehead atoms. The Bertz CT molecular complexity index is 1340. The minimum Gasteiger partial charge on any atom is -0.455 e. The summed E-state index contributed by atoms with van der Waals surface area (Å²) in [6, 6.07) is 28.7. The summed E-state index contributed by atoms with van der Waals surface area (Å²) in [6.07, 6.45) is 0. The summed E-state index contributed by atoms with van der Waals surface area (Å²) in [4.78, 5) is 11.2. The fraction of sp³-hybridized carbons (Fsp3) is 0. The number of rotatable bonds is 3. The zero-order chi connectivity index (χ0) is 19.1. The minimum absolute atomic E-state index is 0.0683. The molecule has 0 spiro atoms. The Kier molecular flexibility index (Phi) is 3.69. The van der Waals surface area contributed by atoms with E-state index in [1.165, 1.54) is 6.07 Å². The average molecular weight is 365 g/mol. The van der Waals surface area contributed by atoms with Crippen molar-refractivity contribution in [3.05, 3.63) is 101 Å². The highest BCUT2D eigenvalue weighted by molar-refractivity contribution is 6.13. The molecular weight excluding hydrogens is 350 g/mol. The SMILES string of the molecule is O=[N+]([O-])c1ccccc1-c1cccc2c1oc1c(-c3ccccc3)cccc12. The lowest BCUT2D eigenvalue weighted by Crippen LogP contribution is -1.91. The summed E-state index contributed by atoms with van der Waals surface area (Å²) in [5.74, 6) is 0. The van der Waals surface area contributed by atoms with Crippen molar-refractivity contribution in [1.82, 2.24) is 0 Å². The third kappa shape index (κ3) is 2.47. The van der Waals surface area contributed by atoms with Crippen LogP contribution in [0.4, 0.5) is 5.69 Å². The molecule has 1 aromatic heterocycles. The van der Waals surface area contributed by atoms with Crippen molar-refractivity contribution in [2.45, 2.75) is 0 Å². The molecule has 5 aromatic rings. The topological polar surface area (TPSA) is 56.3 Å². The zero-order valence-corrected chi connectivity index (χ0v) is 14.8. The van der Waals surface area contributed by atoms with Crippen LogP contribution in [0.1, 0.15) is 0 Å². The number of para-hydroxylation sites is 3. The van der Waals surface area contributed by atoms with E-state index in [1.54, 1.807) is 18.2 Å². The van der Waals surface area contributed by atoms with E-state index in [2.05, 4.69) is 0 Å². The number of furan rings is 1. The van der Waals surface area contributed by atoms with Crippen LogP contribution >= 0.6 is 0 Å². The van der Waals surface area contributed by atoms with Crippen LogP contribution < -0.4 is 0 Å². The number of nitrogens with zero attached hydrogens (tertiary/aromatic N) is 1. The first-order chi connectivity index (χ1) is 13.7. The predicted molar refractivity (Wildman–Crippen MR) is 111 cm³/mol. The summed E-state index contributed by atoms with van der Waals surface area (Å²) in [5.41, 5.74) is 4.87. The van der Waals surface area contributed by atoms with E-state index < -0.39 is 0 Å². The van der Waals surface area contributed by atoms with Gasteiger partial charge in [0.05, 0.1) is 10.5 Å². The molecule has 4 nitrogen and oxygen atoms in total. The van der Waals surface area contributed by atoms with Gasteiger partial charge in [0, 0.05) is 28.0 Å². The van der Waals surface area contributed by atoms with E-state index in [-0.39, 0.29) is 10.6 Å². The second-order valence-electron chi connectivity index (χ2n) is 6.61. The Morgan fingerprint density at radius 1 is 0.607 bits per heavy atom. The fourth-order valence-corrected chi connectivity index (χ4v) is 3.74. The van der Waals surface area contributed by atoms with E-state index in [0.29, 0.717) is 11.1 Å². The van der Waals surface area contributed by atoms with Crippen molar-refractivity contribution in [2.75, 3.05) is 0 Å². The van der Waals surface area contributed by atoms with Crippen LogP contribution in [0.5, 0.6) is 0 Å². The second-order valence-corrected chi connectivity index (χ2v) is 6.61. The van der Waals surface area contributed by atoms with Gasteiger partial charge in [-0.1, -0.05) is 78.9 Å². The van der Waals surface area contributed by atoms with Gasteiger partial charge in [-0.15, -0.1) is 0 Å². The minimum atomic E-state index is -0.355. The molecule has 4 aromatic carbocycles. The number of hydrogen-bond donors (Lipinski definition) is 0. The summed E-state index contributed by atoms with van der Waals surface area (Å²) in [7, 11) is 0. The van der Waals surface area contributed by atoms with Gasteiger partial charge in [0.25, 0.3) is 5.69 Å². The summed E-state index contributed by atoms with van der Waals surface area (Å²) >= 11 is 0. The third-order valence-corrected chi connectivity index (χ3v) is 5.00. The van der Waals surface area contributed by atoms with Crippen molar-refractivity contribution in [3.8, 4) is 22.3 Å². The molecule has 134 valence electrons. The Hall–Kier alpha value is -3.92. The number of hydrogen-bond acceptors (Lipinski definition) is 3. The van der Waals surface area contributed by atoms with E-state index in [0.717, 1.165) is 33.0 Å². The summed E-state index contributed by atoms with van der Waals surface area (Å²) < 4.78 is 6.34. The van der Waals surface area contributed by atoms with Gasteiger partial charge in [-0.05, 0) is 11.6 Å². The van der Waals surface area contributed by atoms with E-state index in [9.17, 15) is 10.1 Å². The van der Waals surface area contributed by atoms with Gasteiger partial charge < -0.3 is 4.42 Å². The molecule has 0 unspecified atom stereocenters. The Balaban J connectivity index is 1.84. The van der Waals surface area contributed by atoms with Gasteiger partial charge in [0.2, 0.25) is 0 Å². The van der Waals surface area contributed by atoms with E-state index >= 15 is 0 Å². The van der Waals surface area contributed by atoms with E-state index in [1.807, 2.05) is 66.7 Å². The Morgan fingerprint density at radius 2 is 1.18 bits per heavy atom. The average Bonchev–Trinajstić information content (AvgIpc) is 3.13. The van der Waals surface area contributed by atoms with Crippen LogP contribution in [0, 0.1) is 10.1 Å². The Morgan fingerprint density at radius 3 is 1.89 bits per heavy atom. The van der Waals surface area contributed by atoms with Crippen LogP contribution in [0.3, 0.4) is 0 Å². The molecule has 5 rings (SSSR count). The maximum absolute atomic E-state index is 11.5. The summed E-state index contributed by atoms with van der Waals surface area (Å²) in [5, 5.41) is 13.5. The van der Waals surface area contributed by atoms with Gasteiger partial charge in [0.15, 0.2) is 0 Å². The van der Waals surface area contributed by atoms with Crippen molar-refractivity contribution >= 4 is 27.6 Å². The number of benzene rings is 4. The van der Waals surface area contributed by atoms with Crippen molar-refractivity contribution in [2.24, 2.45) is 0 Å². The predicted octanol–water partition coefficient (Wildman–Crippen LogP) is 6.83. The molecule has 0 saturated heterocycles. The highest BCUT2D eigenvalue weighted by atomic mass is 16.6. The Labute approximate surface area is 160 Å². The quantitative estimate of drug-likeness (QED) is 0.260. The molecule has 0 amide bonds. The first-order valence-corrected chi connectivity index (χ1v) is 8.97. The number of nitro groups is 1. The lowest BCUT2D eigenvalue weighted by atomic mass is 9.99. The number of fused-ring (bicyclic) bond motifs is 3. The molecule has 0 atom stereocenters. The molecule has 0 saturated carbocycles. The van der Waals surface area contributed by atoms with Crippen LogP contribution in [0.25, 0.3) is 44.2 Å². The van der Waals surface area contributed by atoms with Crippen LogP contribution in [-0.4, -0.2) is 4.92 Å². The lowest BCUT2D eigenvalue weighted by Gasteiger charge is -2.03. The van der Waals surface area contributed by atoms with Crippen molar-refractivity contribution in [1.29, 1.82) is 0 Å². The van der Waals surface area contributed by atoms with Gasteiger partial charge in [-0.3, -0.25) is 10.1 Å². The summed E-state index contributed by atoms with van der Waals surface area (Å²) in [6.45, 7) is 0. The monoisotopic (exact) mass is 365 g/mol. The smallest absolute Gasteiger partial charge is 0.277 e. The van der Waals surface area contributed by atoms with Gasteiger partial charge in [0.1, 0.15) is 11.2 Å². The molecule has 0 aliphatic heterocycles. The lowest BCUT2D eigenvalue weighted by molar-refractivity contribution is -0.384. The van der Waals surface area contributed by atoms with Gasteiger partial charge >= 0.3 is 0 Å². The normalized spacial score (nSPS) is 11.1. The highest BCUT2D eigenvalue weighted by Crippen LogP contribution is 2.41. The molecule has 0 radical (unpaired) electrons. The van der Waals surface area contributed by atoms with Crippen LogP contribution in [-0.2, 0) is 0 Å². The van der Waals surface area contributed by atoms with Crippen LogP contribution in [0.15, 0.2) is 95.4 Å². The molecule has 0 aliphatic rings. The highest BCUT2D eigenvalue weighted by Gasteiger charge is 2.20. The van der Waals surface area contributed by atoms with Crippen molar-refractivity contribution < 1.29 is 9.34 Å². The first kappa shape index (κ1) is 16.3. The van der Waals surface area contributed by atoms with Crippen LogP contribution in [0.2, 0.25) is 0 Å². The van der Waals surface area contributed by atoms with Crippen molar-refractivity contribution in [3.63, 3.8) is 0 Å². The largest absolute Gasteiger partial charge is 0.455 e. The maximum Gasteiger partial charge on any atom is 0.277 e.